The van der Waals surface area contributed by atoms with Gasteiger partial charge in [-0.1, -0.05) is 43.0 Å². The predicted octanol–water partition coefficient (Wildman–Crippen LogP) is 3.55. The van der Waals surface area contributed by atoms with Crippen LogP contribution in [0.3, 0.4) is 0 Å². The van der Waals surface area contributed by atoms with E-state index in [9.17, 15) is 9.59 Å². The number of aromatic nitrogens is 3. The van der Waals surface area contributed by atoms with Gasteiger partial charge in [0.1, 0.15) is 18.7 Å². The van der Waals surface area contributed by atoms with Crippen LogP contribution in [0.15, 0.2) is 36.9 Å². The summed E-state index contributed by atoms with van der Waals surface area (Å²) in [6, 6.07) is 6.82. The molecule has 0 radical (unpaired) electrons. The van der Waals surface area contributed by atoms with Crippen LogP contribution < -0.4 is 5.32 Å². The van der Waals surface area contributed by atoms with E-state index in [-0.39, 0.29) is 23.3 Å². The van der Waals surface area contributed by atoms with Crippen LogP contribution in [-0.2, 0) is 22.6 Å². The molecule has 9 heteroatoms. The first-order chi connectivity index (χ1) is 17.9. The molecule has 200 valence electrons. The minimum atomic E-state index is -0.583. The molecule has 1 saturated carbocycles. The lowest BCUT2D eigenvalue weighted by atomic mass is 9.63. The smallest absolute Gasteiger partial charge is 0.245 e. The van der Waals surface area contributed by atoms with E-state index in [1.165, 1.54) is 32.1 Å². The number of carbonyl (C=O) groups is 2. The third kappa shape index (κ3) is 6.01. The molecule has 2 saturated heterocycles. The molecule has 1 N–H and O–H groups in total. The zero-order valence-electron chi connectivity index (χ0n) is 21.8. The van der Waals surface area contributed by atoms with E-state index in [0.717, 1.165) is 37.9 Å². The Morgan fingerprint density at radius 1 is 1.08 bits per heavy atom. The van der Waals surface area contributed by atoms with Crippen molar-refractivity contribution in [2.75, 3.05) is 26.7 Å². The van der Waals surface area contributed by atoms with Crippen LogP contribution in [0.4, 0.5) is 0 Å². The Labute approximate surface area is 224 Å². The molecule has 5 rings (SSSR count). The van der Waals surface area contributed by atoms with E-state index in [1.54, 1.807) is 6.33 Å². The predicted molar refractivity (Wildman–Crippen MR) is 143 cm³/mol. The average molecular weight is 527 g/mol. The van der Waals surface area contributed by atoms with Crippen molar-refractivity contribution in [3.05, 3.63) is 47.5 Å². The van der Waals surface area contributed by atoms with E-state index < -0.39 is 6.04 Å². The van der Waals surface area contributed by atoms with Crippen molar-refractivity contribution >= 4 is 23.4 Å². The van der Waals surface area contributed by atoms with Crippen LogP contribution in [0.25, 0.3) is 0 Å². The summed E-state index contributed by atoms with van der Waals surface area (Å²) < 4.78 is 1.98. The normalized spacial score (nSPS) is 23.3. The summed E-state index contributed by atoms with van der Waals surface area (Å²) in [5.74, 6) is 0.616. The monoisotopic (exact) mass is 526 g/mol. The molecule has 3 aliphatic rings. The highest BCUT2D eigenvalue weighted by atomic mass is 35.5. The number of halogens is 1. The molecule has 0 spiro atoms. The number of nitrogens with zero attached hydrogens (tertiary/aromatic N) is 5. The fourth-order valence-electron chi connectivity index (χ4n) is 6.61. The third-order valence-corrected chi connectivity index (χ3v) is 9.30. The number of hydrogen-bond acceptors (Lipinski definition) is 5. The Bertz CT molecular complexity index is 1050. The fraction of sp³-hybridized carbons (Fsp3) is 0.643. The van der Waals surface area contributed by atoms with Gasteiger partial charge in [-0.15, -0.1) is 0 Å². The van der Waals surface area contributed by atoms with Crippen molar-refractivity contribution in [2.45, 2.75) is 76.4 Å². The van der Waals surface area contributed by atoms with Gasteiger partial charge in [0.25, 0.3) is 0 Å². The summed E-state index contributed by atoms with van der Waals surface area (Å²) in [6.07, 6.45) is 13.0. The van der Waals surface area contributed by atoms with Gasteiger partial charge in [-0.3, -0.25) is 19.2 Å². The molecule has 8 nitrogen and oxygen atoms in total. The van der Waals surface area contributed by atoms with Crippen molar-refractivity contribution in [2.24, 2.45) is 11.3 Å². The molecule has 0 bridgehead atoms. The van der Waals surface area contributed by atoms with Gasteiger partial charge in [0.05, 0.1) is 6.04 Å². The Morgan fingerprint density at radius 3 is 2.41 bits per heavy atom. The second-order valence-electron chi connectivity index (χ2n) is 11.3. The first-order valence-electron chi connectivity index (χ1n) is 13.8. The number of amides is 2. The van der Waals surface area contributed by atoms with E-state index in [2.05, 4.69) is 15.4 Å². The summed E-state index contributed by atoms with van der Waals surface area (Å²) in [6.45, 7) is 3.19. The molecule has 2 aliphatic heterocycles. The second kappa shape index (κ2) is 11.5. The number of likely N-dealkylation sites (N-methyl/N-ethyl adjacent to an activating group) is 1. The molecule has 3 heterocycles. The number of nitrogens with one attached hydrogen (secondary N) is 1. The van der Waals surface area contributed by atoms with E-state index in [1.807, 2.05) is 52.1 Å². The maximum absolute atomic E-state index is 13.9. The fourth-order valence-corrected chi connectivity index (χ4v) is 6.74. The van der Waals surface area contributed by atoms with E-state index in [0.29, 0.717) is 30.5 Å². The van der Waals surface area contributed by atoms with Gasteiger partial charge in [-0.2, -0.15) is 5.10 Å². The molecular weight excluding hydrogens is 488 g/mol. The van der Waals surface area contributed by atoms with Gasteiger partial charge >= 0.3 is 0 Å². The highest BCUT2D eigenvalue weighted by molar-refractivity contribution is 6.30. The summed E-state index contributed by atoms with van der Waals surface area (Å²) in [7, 11) is 1.95. The highest BCUT2D eigenvalue weighted by Crippen LogP contribution is 2.47. The minimum absolute atomic E-state index is 0.0169. The molecule has 1 aromatic heterocycles. The molecule has 37 heavy (non-hydrogen) atoms. The van der Waals surface area contributed by atoms with Crippen LogP contribution in [0.5, 0.6) is 0 Å². The van der Waals surface area contributed by atoms with Gasteiger partial charge in [-0.05, 0) is 68.2 Å². The van der Waals surface area contributed by atoms with Gasteiger partial charge in [0.2, 0.25) is 11.8 Å². The zero-order valence-corrected chi connectivity index (χ0v) is 22.6. The van der Waals surface area contributed by atoms with Crippen molar-refractivity contribution in [3.63, 3.8) is 0 Å². The number of piperidine rings is 1. The summed E-state index contributed by atoms with van der Waals surface area (Å²) >= 11 is 6.08. The molecule has 1 unspecified atom stereocenters. The minimum Gasteiger partial charge on any atom is -0.343 e. The Kier molecular flexibility index (Phi) is 8.15. The van der Waals surface area contributed by atoms with Crippen LogP contribution in [0.1, 0.15) is 56.9 Å². The maximum Gasteiger partial charge on any atom is 0.245 e. The zero-order chi connectivity index (χ0) is 25.8. The Morgan fingerprint density at radius 2 is 1.81 bits per heavy atom. The Hall–Kier alpha value is -2.45. The highest BCUT2D eigenvalue weighted by Gasteiger charge is 2.44. The topological polar surface area (TPSA) is 83.4 Å². The van der Waals surface area contributed by atoms with Crippen molar-refractivity contribution < 1.29 is 9.59 Å². The lowest BCUT2D eigenvalue weighted by Crippen LogP contribution is -2.59. The lowest BCUT2D eigenvalue weighted by Gasteiger charge is -2.48. The SMILES string of the molecule is CN1CC[C@@H]1C(=O)NC(Cc1ccc(Cl)cc1)C(=O)N1CCC(Cn2cncn2)(C2CCCCC2)CC1. The third-order valence-electron chi connectivity index (χ3n) is 9.04. The number of hydrogen-bond donors (Lipinski definition) is 1. The maximum atomic E-state index is 13.9. The Balaban J connectivity index is 1.29. The largest absolute Gasteiger partial charge is 0.343 e. The van der Waals surface area contributed by atoms with Crippen LogP contribution in [0.2, 0.25) is 5.02 Å². The van der Waals surface area contributed by atoms with Gasteiger partial charge < -0.3 is 10.2 Å². The van der Waals surface area contributed by atoms with Gasteiger partial charge in [-0.25, -0.2) is 4.98 Å². The molecule has 2 aromatic rings. The van der Waals surface area contributed by atoms with Crippen molar-refractivity contribution in [1.29, 1.82) is 0 Å². The van der Waals surface area contributed by atoms with Gasteiger partial charge in [0, 0.05) is 37.6 Å². The number of carbonyl (C=O) groups excluding carboxylic acids is 2. The van der Waals surface area contributed by atoms with Crippen LogP contribution in [0, 0.1) is 11.3 Å². The molecule has 2 atom stereocenters. The van der Waals surface area contributed by atoms with E-state index >= 15 is 0 Å². The lowest BCUT2D eigenvalue weighted by molar-refractivity contribution is -0.141. The summed E-state index contributed by atoms with van der Waals surface area (Å²) in [4.78, 5) is 35.0. The molecule has 1 aliphatic carbocycles. The average Bonchev–Trinajstić information content (AvgIpc) is 3.42. The summed E-state index contributed by atoms with van der Waals surface area (Å²) in [5, 5.41) is 8.18. The van der Waals surface area contributed by atoms with Gasteiger partial charge in [0.15, 0.2) is 0 Å². The quantitative estimate of drug-likeness (QED) is 0.568. The first-order valence-corrected chi connectivity index (χ1v) is 14.2. The second-order valence-corrected chi connectivity index (χ2v) is 11.7. The number of likely N-dealkylation sites (tertiary alicyclic amines) is 2. The number of rotatable bonds is 8. The number of benzene rings is 1. The summed E-state index contributed by atoms with van der Waals surface area (Å²) in [5.41, 5.74) is 1.12. The standard InChI is InChI=1S/C28H39ClN6O2/c1-33-14-11-25(33)26(36)32-24(17-21-7-9-23(29)10-8-21)27(37)34-15-12-28(13-16-34,18-35-20-30-19-31-35)22-5-3-2-4-6-22/h7-10,19-20,22,24-25H,2-6,11-18H2,1H3,(H,32,36)/t24?,25-/m1/s1. The molecule has 1 aromatic carbocycles. The molecular formula is C28H39ClN6O2. The first kappa shape index (κ1) is 26.2. The van der Waals surface area contributed by atoms with E-state index in [4.69, 9.17) is 11.6 Å². The van der Waals surface area contributed by atoms with Crippen LogP contribution >= 0.6 is 11.6 Å². The van der Waals surface area contributed by atoms with Crippen molar-refractivity contribution in [1.82, 2.24) is 29.9 Å². The molecule has 2 amide bonds. The molecule has 3 fully saturated rings. The van der Waals surface area contributed by atoms with Crippen molar-refractivity contribution in [3.8, 4) is 0 Å². The van der Waals surface area contributed by atoms with Crippen LogP contribution in [-0.4, -0.2) is 75.1 Å².